The molecule has 1 saturated carbocycles. The van der Waals surface area contributed by atoms with Gasteiger partial charge in [0.15, 0.2) is 5.78 Å². The second-order valence-electron chi connectivity index (χ2n) is 5.43. The van der Waals surface area contributed by atoms with E-state index in [2.05, 4.69) is 10.1 Å². The summed E-state index contributed by atoms with van der Waals surface area (Å²) in [7, 11) is 0. The van der Waals surface area contributed by atoms with Gasteiger partial charge in [-0.15, -0.1) is 23.2 Å². The molecule has 0 aromatic carbocycles. The number of alkyl halides is 2. The third-order valence-electron chi connectivity index (χ3n) is 3.80. The first-order valence-corrected chi connectivity index (χ1v) is 7.94. The summed E-state index contributed by atoms with van der Waals surface area (Å²) in [5.74, 6) is -4.22. The average Bonchev–Trinajstić information content (AvgIpc) is 2.88. The summed E-state index contributed by atoms with van der Waals surface area (Å²) in [5, 5.41) is 13.9. The Kier molecular flexibility index (Phi) is 5.69. The SMILES string of the molecule is O=C(NC1CCC(Cl)CC1Cl)/C([O-])=C\C(=O)[C@@H]1CCOC1=O. The number of nitrogens with one attached hydrogen (secondary N) is 1. The topological polar surface area (TPSA) is 95.5 Å². The van der Waals surface area contributed by atoms with E-state index in [0.717, 1.165) is 0 Å². The van der Waals surface area contributed by atoms with E-state index < -0.39 is 29.3 Å². The molecule has 0 aromatic rings. The highest BCUT2D eigenvalue weighted by molar-refractivity contribution is 6.24. The number of hydrogen-bond donors (Lipinski definition) is 1. The standard InChI is InChI=1S/C14H17Cl2NO5/c15-7-1-2-10(9(16)5-7)17-13(20)12(19)6-11(18)8-3-4-22-14(8)21/h6-10,19H,1-5H2,(H,17,20)/p-1/b12-6+/t7?,8-,9?,10?/m0/s1. The zero-order valence-corrected chi connectivity index (χ0v) is 13.2. The summed E-state index contributed by atoms with van der Waals surface area (Å²) in [4.78, 5) is 34.8. The van der Waals surface area contributed by atoms with Crippen LogP contribution in [0.4, 0.5) is 0 Å². The Morgan fingerprint density at radius 2 is 2.00 bits per heavy atom. The second-order valence-corrected chi connectivity index (χ2v) is 6.60. The van der Waals surface area contributed by atoms with E-state index >= 15 is 0 Å². The van der Waals surface area contributed by atoms with Gasteiger partial charge in [0.05, 0.1) is 12.0 Å². The number of carbonyl (C=O) groups is 3. The first-order chi connectivity index (χ1) is 10.4. The molecule has 0 spiro atoms. The molecule has 1 heterocycles. The minimum absolute atomic E-state index is 0.0344. The van der Waals surface area contributed by atoms with Crippen molar-refractivity contribution < 1.29 is 24.2 Å². The molecule has 1 aliphatic carbocycles. The van der Waals surface area contributed by atoms with Crippen LogP contribution in [-0.2, 0) is 19.1 Å². The zero-order chi connectivity index (χ0) is 16.3. The maximum Gasteiger partial charge on any atom is 0.316 e. The van der Waals surface area contributed by atoms with Crippen LogP contribution < -0.4 is 10.4 Å². The number of cyclic esters (lactones) is 1. The normalized spacial score (nSPS) is 32.5. The second kappa shape index (κ2) is 7.33. The van der Waals surface area contributed by atoms with Crippen LogP contribution in [0.3, 0.4) is 0 Å². The third-order valence-corrected chi connectivity index (χ3v) is 4.68. The van der Waals surface area contributed by atoms with Crippen molar-refractivity contribution in [1.82, 2.24) is 5.32 Å². The van der Waals surface area contributed by atoms with Crippen molar-refractivity contribution >= 4 is 40.9 Å². The summed E-state index contributed by atoms with van der Waals surface area (Å²) >= 11 is 12.1. The van der Waals surface area contributed by atoms with Crippen LogP contribution in [0, 0.1) is 5.92 Å². The molecule has 2 aliphatic rings. The highest BCUT2D eigenvalue weighted by Crippen LogP contribution is 2.27. The number of halogens is 2. The van der Waals surface area contributed by atoms with Crippen LogP contribution >= 0.6 is 23.2 Å². The molecule has 1 N–H and O–H groups in total. The Bertz CT molecular complexity index is 507. The lowest BCUT2D eigenvalue weighted by atomic mass is 9.94. The van der Waals surface area contributed by atoms with E-state index in [-0.39, 0.29) is 29.8 Å². The Morgan fingerprint density at radius 3 is 2.59 bits per heavy atom. The van der Waals surface area contributed by atoms with E-state index in [4.69, 9.17) is 23.2 Å². The summed E-state index contributed by atoms with van der Waals surface area (Å²) in [6.07, 6.45) is 2.69. The number of carbonyl (C=O) groups excluding carboxylic acids is 3. The van der Waals surface area contributed by atoms with Gasteiger partial charge in [-0.05, 0) is 31.1 Å². The van der Waals surface area contributed by atoms with E-state index in [1.54, 1.807) is 0 Å². The van der Waals surface area contributed by atoms with Crippen LogP contribution in [0.2, 0.25) is 0 Å². The smallest absolute Gasteiger partial charge is 0.316 e. The molecular formula is C14H16Cl2NO5-. The van der Waals surface area contributed by atoms with E-state index in [1.165, 1.54) is 0 Å². The highest BCUT2D eigenvalue weighted by atomic mass is 35.5. The van der Waals surface area contributed by atoms with E-state index in [9.17, 15) is 19.5 Å². The number of esters is 1. The summed E-state index contributed by atoms with van der Waals surface area (Å²) in [5.41, 5.74) is 0. The minimum Gasteiger partial charge on any atom is -0.869 e. The first-order valence-electron chi connectivity index (χ1n) is 7.06. The zero-order valence-electron chi connectivity index (χ0n) is 11.7. The van der Waals surface area contributed by atoms with Crippen LogP contribution in [0.25, 0.3) is 0 Å². The van der Waals surface area contributed by atoms with Crippen molar-refractivity contribution in [3.8, 4) is 0 Å². The number of amides is 1. The van der Waals surface area contributed by atoms with Gasteiger partial charge in [-0.25, -0.2) is 0 Å². The van der Waals surface area contributed by atoms with Gasteiger partial charge in [-0.3, -0.25) is 14.4 Å². The Morgan fingerprint density at radius 1 is 1.27 bits per heavy atom. The predicted molar refractivity (Wildman–Crippen MR) is 77.2 cm³/mol. The Labute approximate surface area is 137 Å². The first kappa shape index (κ1) is 17.1. The van der Waals surface area contributed by atoms with Crippen LogP contribution in [0.15, 0.2) is 11.8 Å². The van der Waals surface area contributed by atoms with Gasteiger partial charge in [0, 0.05) is 17.8 Å². The fraction of sp³-hybridized carbons (Fsp3) is 0.643. The molecule has 22 heavy (non-hydrogen) atoms. The van der Waals surface area contributed by atoms with Crippen molar-refractivity contribution in [2.45, 2.75) is 42.5 Å². The molecule has 0 aromatic heterocycles. The van der Waals surface area contributed by atoms with E-state index in [1.807, 2.05) is 0 Å². The van der Waals surface area contributed by atoms with Crippen molar-refractivity contribution in [2.75, 3.05) is 6.61 Å². The molecule has 2 fully saturated rings. The number of rotatable bonds is 4. The predicted octanol–water partition coefficient (Wildman–Crippen LogP) is 0.246. The van der Waals surface area contributed by atoms with Gasteiger partial charge < -0.3 is 15.2 Å². The molecule has 0 bridgehead atoms. The molecular weight excluding hydrogens is 333 g/mol. The lowest BCUT2D eigenvalue weighted by molar-refractivity contribution is -0.299. The molecule has 4 atom stereocenters. The lowest BCUT2D eigenvalue weighted by Crippen LogP contribution is -2.46. The highest BCUT2D eigenvalue weighted by Gasteiger charge is 2.32. The van der Waals surface area contributed by atoms with Crippen molar-refractivity contribution in [3.63, 3.8) is 0 Å². The molecule has 0 radical (unpaired) electrons. The third kappa shape index (κ3) is 4.14. The Hall–Kier alpha value is -1.27. The molecule has 2 rings (SSSR count). The number of allylic oxidation sites excluding steroid dienone is 1. The molecule has 122 valence electrons. The number of ether oxygens (including phenoxy) is 1. The minimum atomic E-state index is -0.985. The number of ketones is 1. The molecule has 1 amide bonds. The van der Waals surface area contributed by atoms with Gasteiger partial charge in [0.1, 0.15) is 5.92 Å². The van der Waals surface area contributed by atoms with Crippen LogP contribution in [0.5, 0.6) is 0 Å². The summed E-state index contributed by atoms with van der Waals surface area (Å²) in [6.45, 7) is 0.152. The van der Waals surface area contributed by atoms with Gasteiger partial charge in [-0.1, -0.05) is 0 Å². The molecule has 1 saturated heterocycles. The fourth-order valence-corrected chi connectivity index (χ4v) is 3.33. The lowest BCUT2D eigenvalue weighted by Gasteiger charge is -2.31. The fourth-order valence-electron chi connectivity index (χ4n) is 2.52. The van der Waals surface area contributed by atoms with E-state index in [0.29, 0.717) is 25.3 Å². The van der Waals surface area contributed by atoms with Crippen molar-refractivity contribution in [2.24, 2.45) is 5.92 Å². The van der Waals surface area contributed by atoms with Crippen LogP contribution in [-0.4, -0.2) is 41.1 Å². The van der Waals surface area contributed by atoms with Crippen molar-refractivity contribution in [3.05, 3.63) is 11.8 Å². The number of hydrogen-bond acceptors (Lipinski definition) is 5. The quantitative estimate of drug-likeness (QED) is 0.258. The summed E-state index contributed by atoms with van der Waals surface area (Å²) in [6, 6.07) is -0.354. The van der Waals surface area contributed by atoms with Crippen molar-refractivity contribution in [1.29, 1.82) is 0 Å². The molecule has 6 nitrogen and oxygen atoms in total. The van der Waals surface area contributed by atoms with Gasteiger partial charge in [-0.2, -0.15) is 0 Å². The maximum absolute atomic E-state index is 11.8. The summed E-state index contributed by atoms with van der Waals surface area (Å²) < 4.78 is 4.65. The molecule has 8 heteroatoms. The Balaban J connectivity index is 1.92. The molecule has 3 unspecified atom stereocenters. The monoisotopic (exact) mass is 348 g/mol. The largest absolute Gasteiger partial charge is 0.869 e. The van der Waals surface area contributed by atoms with Gasteiger partial charge in [0.25, 0.3) is 0 Å². The average molecular weight is 349 g/mol. The van der Waals surface area contributed by atoms with Gasteiger partial charge >= 0.3 is 5.97 Å². The maximum atomic E-state index is 11.8. The van der Waals surface area contributed by atoms with Gasteiger partial charge in [0.2, 0.25) is 5.91 Å². The molecule has 1 aliphatic heterocycles. The van der Waals surface area contributed by atoms with Crippen LogP contribution in [0.1, 0.15) is 25.7 Å².